The standard InChI is InChI=1S/C22H13Cl5FN3O3/c23-16-17(24)19(26)21(20(27)18(16)25)33-10-12-5-6-14(34-12)22(32)29-15-7-8-31(30-15)9-11-3-1-2-4-13(11)28/h1-8H,9-10H2,(H,29,30,32). The Labute approximate surface area is 218 Å². The van der Waals surface area contributed by atoms with Crippen LogP contribution in [0.2, 0.25) is 25.1 Å². The van der Waals surface area contributed by atoms with E-state index in [2.05, 4.69) is 10.4 Å². The lowest BCUT2D eigenvalue weighted by molar-refractivity contribution is 0.0992. The van der Waals surface area contributed by atoms with E-state index < -0.39 is 5.91 Å². The molecule has 0 bridgehead atoms. The molecule has 176 valence electrons. The number of nitrogens with one attached hydrogen (secondary N) is 1. The van der Waals surface area contributed by atoms with E-state index in [0.29, 0.717) is 11.3 Å². The van der Waals surface area contributed by atoms with Crippen molar-refractivity contribution in [1.29, 1.82) is 0 Å². The molecule has 1 amide bonds. The van der Waals surface area contributed by atoms with Crippen molar-refractivity contribution in [3.8, 4) is 5.75 Å². The van der Waals surface area contributed by atoms with Gasteiger partial charge in [0.2, 0.25) is 0 Å². The number of carbonyl (C=O) groups excluding carboxylic acids is 1. The maximum atomic E-state index is 13.8. The fourth-order valence-corrected chi connectivity index (χ4v) is 4.16. The second-order valence-electron chi connectivity index (χ2n) is 6.90. The molecule has 2 aromatic heterocycles. The van der Waals surface area contributed by atoms with E-state index in [4.69, 9.17) is 67.2 Å². The Morgan fingerprint density at radius 2 is 1.65 bits per heavy atom. The van der Waals surface area contributed by atoms with E-state index in [1.54, 1.807) is 36.5 Å². The van der Waals surface area contributed by atoms with E-state index in [1.807, 2.05) is 0 Å². The number of anilines is 1. The molecule has 0 saturated heterocycles. The van der Waals surface area contributed by atoms with Gasteiger partial charge < -0.3 is 14.5 Å². The summed E-state index contributed by atoms with van der Waals surface area (Å²) in [5.41, 5.74) is 0.475. The number of amides is 1. The molecule has 0 spiro atoms. The summed E-state index contributed by atoms with van der Waals surface area (Å²) in [5, 5.41) is 6.85. The SMILES string of the molecule is O=C(Nc1ccn(Cc2ccccc2F)n1)c1ccc(COc2c(Cl)c(Cl)c(Cl)c(Cl)c2Cl)o1. The molecule has 2 heterocycles. The number of halogens is 6. The van der Waals surface area contributed by atoms with Crippen LogP contribution in [0, 0.1) is 5.82 Å². The quantitative estimate of drug-likeness (QED) is 0.184. The predicted octanol–water partition coefficient (Wildman–Crippen LogP) is 7.76. The van der Waals surface area contributed by atoms with E-state index in [-0.39, 0.29) is 61.4 Å². The minimum Gasteiger partial charge on any atom is -0.482 e. The first kappa shape index (κ1) is 24.7. The monoisotopic (exact) mass is 561 g/mol. The van der Waals surface area contributed by atoms with Crippen LogP contribution in [0.4, 0.5) is 10.2 Å². The smallest absolute Gasteiger partial charge is 0.292 e. The van der Waals surface area contributed by atoms with Crippen molar-refractivity contribution >= 4 is 69.7 Å². The van der Waals surface area contributed by atoms with E-state index in [0.717, 1.165) is 0 Å². The molecule has 1 N–H and O–H groups in total. The third kappa shape index (κ3) is 5.29. The first-order valence-corrected chi connectivity index (χ1v) is 11.4. The minimum atomic E-state index is -0.531. The molecule has 0 aliphatic carbocycles. The summed E-state index contributed by atoms with van der Waals surface area (Å²) >= 11 is 30.3. The number of benzene rings is 2. The summed E-state index contributed by atoms with van der Waals surface area (Å²) in [6.45, 7) is 0.104. The summed E-state index contributed by atoms with van der Waals surface area (Å²) < 4.78 is 26.4. The molecule has 12 heteroatoms. The van der Waals surface area contributed by atoms with Gasteiger partial charge in [0.15, 0.2) is 17.3 Å². The van der Waals surface area contributed by atoms with Crippen LogP contribution in [0.5, 0.6) is 5.75 Å². The lowest BCUT2D eigenvalue weighted by atomic mass is 10.2. The van der Waals surface area contributed by atoms with Crippen LogP contribution < -0.4 is 10.1 Å². The van der Waals surface area contributed by atoms with Gasteiger partial charge in [-0.05, 0) is 18.2 Å². The molecule has 0 aliphatic rings. The molecule has 0 unspecified atom stereocenters. The second-order valence-corrected chi connectivity index (χ2v) is 8.79. The Hall–Kier alpha value is -2.42. The fourth-order valence-electron chi connectivity index (χ4n) is 2.93. The summed E-state index contributed by atoms with van der Waals surface area (Å²) in [7, 11) is 0. The molecular formula is C22H13Cl5FN3O3. The van der Waals surface area contributed by atoms with Gasteiger partial charge in [-0.3, -0.25) is 9.48 Å². The molecule has 0 atom stereocenters. The maximum absolute atomic E-state index is 13.8. The molecule has 0 fully saturated rings. The number of aromatic nitrogens is 2. The van der Waals surface area contributed by atoms with Crippen LogP contribution in [0.25, 0.3) is 0 Å². The number of nitrogens with zero attached hydrogens (tertiary/aromatic N) is 2. The Bertz CT molecular complexity index is 1340. The molecule has 2 aromatic carbocycles. The number of ether oxygens (including phenoxy) is 1. The molecule has 0 saturated carbocycles. The number of rotatable bonds is 7. The molecule has 6 nitrogen and oxygen atoms in total. The van der Waals surface area contributed by atoms with Crippen molar-refractivity contribution in [3.63, 3.8) is 0 Å². The van der Waals surface area contributed by atoms with Gasteiger partial charge in [0.25, 0.3) is 5.91 Å². The van der Waals surface area contributed by atoms with E-state index in [9.17, 15) is 9.18 Å². The molecule has 4 rings (SSSR count). The summed E-state index contributed by atoms with van der Waals surface area (Å²) in [5.74, 6) is -0.225. The van der Waals surface area contributed by atoms with Crippen LogP contribution in [0.15, 0.2) is 53.1 Å². The molecule has 4 aromatic rings. The topological polar surface area (TPSA) is 69.3 Å². The lowest BCUT2D eigenvalue weighted by Crippen LogP contribution is -2.12. The van der Waals surface area contributed by atoms with E-state index >= 15 is 0 Å². The Balaban J connectivity index is 1.39. The van der Waals surface area contributed by atoms with Crippen molar-refractivity contribution in [3.05, 3.63) is 96.7 Å². The Kier molecular flexibility index (Phi) is 7.60. The van der Waals surface area contributed by atoms with Crippen LogP contribution in [-0.4, -0.2) is 15.7 Å². The summed E-state index contributed by atoms with van der Waals surface area (Å²) in [6, 6.07) is 11.0. The normalized spacial score (nSPS) is 11.0. The average molecular weight is 564 g/mol. The first-order chi connectivity index (χ1) is 16.2. The van der Waals surface area contributed by atoms with Gasteiger partial charge in [0, 0.05) is 17.8 Å². The predicted molar refractivity (Wildman–Crippen MR) is 130 cm³/mol. The summed E-state index contributed by atoms with van der Waals surface area (Å²) in [6.07, 6.45) is 1.62. The fraction of sp³-hybridized carbons (Fsp3) is 0.0909. The third-order valence-corrected chi connectivity index (χ3v) is 6.83. The highest BCUT2D eigenvalue weighted by Gasteiger charge is 2.21. The van der Waals surface area contributed by atoms with Gasteiger partial charge in [0.05, 0.1) is 21.6 Å². The van der Waals surface area contributed by atoms with Crippen molar-refractivity contribution in [2.24, 2.45) is 0 Å². The molecule has 0 radical (unpaired) electrons. The number of hydrogen-bond donors (Lipinski definition) is 1. The van der Waals surface area contributed by atoms with Gasteiger partial charge in [0.1, 0.15) is 28.2 Å². The number of carbonyl (C=O) groups is 1. The third-order valence-electron chi connectivity index (χ3n) is 4.59. The van der Waals surface area contributed by atoms with Gasteiger partial charge in [-0.1, -0.05) is 76.2 Å². The zero-order valence-corrected chi connectivity index (χ0v) is 20.7. The lowest BCUT2D eigenvalue weighted by Gasteiger charge is -2.12. The largest absolute Gasteiger partial charge is 0.482 e. The van der Waals surface area contributed by atoms with Crippen molar-refractivity contribution < 1.29 is 18.3 Å². The maximum Gasteiger partial charge on any atom is 0.292 e. The highest BCUT2D eigenvalue weighted by Crippen LogP contribution is 2.48. The minimum absolute atomic E-state index is 0.00156. The zero-order chi connectivity index (χ0) is 24.4. The first-order valence-electron chi connectivity index (χ1n) is 9.55. The van der Waals surface area contributed by atoms with Gasteiger partial charge in [-0.15, -0.1) is 0 Å². The van der Waals surface area contributed by atoms with Crippen LogP contribution in [0.3, 0.4) is 0 Å². The molecular weight excluding hydrogens is 551 g/mol. The number of hydrogen-bond acceptors (Lipinski definition) is 4. The van der Waals surface area contributed by atoms with Crippen LogP contribution in [-0.2, 0) is 13.2 Å². The average Bonchev–Trinajstić information content (AvgIpc) is 3.47. The highest BCUT2D eigenvalue weighted by molar-refractivity contribution is 6.55. The molecule has 34 heavy (non-hydrogen) atoms. The molecule has 0 aliphatic heterocycles. The van der Waals surface area contributed by atoms with Gasteiger partial charge >= 0.3 is 0 Å². The zero-order valence-electron chi connectivity index (χ0n) is 16.9. The Morgan fingerprint density at radius 3 is 2.35 bits per heavy atom. The highest BCUT2D eigenvalue weighted by atomic mass is 35.5. The number of furan rings is 1. The van der Waals surface area contributed by atoms with Crippen molar-refractivity contribution in [2.45, 2.75) is 13.2 Å². The second kappa shape index (κ2) is 10.5. The van der Waals surface area contributed by atoms with Crippen molar-refractivity contribution in [2.75, 3.05) is 5.32 Å². The van der Waals surface area contributed by atoms with E-state index in [1.165, 1.54) is 16.8 Å². The van der Waals surface area contributed by atoms with Gasteiger partial charge in [-0.25, -0.2) is 4.39 Å². The Morgan fingerprint density at radius 1 is 0.971 bits per heavy atom. The van der Waals surface area contributed by atoms with Crippen LogP contribution >= 0.6 is 58.0 Å². The van der Waals surface area contributed by atoms with Crippen molar-refractivity contribution in [1.82, 2.24) is 9.78 Å². The van der Waals surface area contributed by atoms with Gasteiger partial charge in [-0.2, -0.15) is 5.10 Å². The van der Waals surface area contributed by atoms with Crippen LogP contribution in [0.1, 0.15) is 21.9 Å². The summed E-state index contributed by atoms with van der Waals surface area (Å²) in [4.78, 5) is 12.5.